The summed E-state index contributed by atoms with van der Waals surface area (Å²) >= 11 is 0. The molecule has 2 nitrogen and oxygen atoms in total. The molecule has 0 N–H and O–H groups in total. The van der Waals surface area contributed by atoms with Gasteiger partial charge in [0.1, 0.15) is 0 Å². The van der Waals surface area contributed by atoms with Crippen LogP contribution in [0.1, 0.15) is 0 Å². The van der Waals surface area contributed by atoms with Gasteiger partial charge in [0.2, 0.25) is 0 Å². The van der Waals surface area contributed by atoms with E-state index in [4.69, 9.17) is 0 Å². The predicted molar refractivity (Wildman–Crippen MR) is 270 cm³/mol. The Morgan fingerprint density at radius 2 is 0.641 bits per heavy atom. The Morgan fingerprint density at radius 3 is 1.19 bits per heavy atom. The minimum absolute atomic E-state index is 1.10. The van der Waals surface area contributed by atoms with Crippen LogP contribution in [-0.4, -0.2) is 4.57 Å². The summed E-state index contributed by atoms with van der Waals surface area (Å²) in [5, 5.41) is 1.22. The molecule has 0 fully saturated rings. The third kappa shape index (κ3) is 6.52. The average molecular weight is 815 g/mol. The van der Waals surface area contributed by atoms with E-state index in [0.29, 0.717) is 0 Å². The van der Waals surface area contributed by atoms with Crippen LogP contribution in [0.15, 0.2) is 255 Å². The standard InChI is InChI=1S/C62H42N2/c1-5-20-43(21-6-1)48-36-49(44-22-7-2-8-23-44)38-50(37-48)47-28-19-29-53(40-47)63-58-33-16-13-30-55(58)61-56-31-14-17-34-59(56)64(62(61)57-32-15-18-35-60(57)63)54-41-51(45-24-9-3-10-25-45)39-52(42-54)46-26-11-4-12-27-46/h1-42H. The van der Waals surface area contributed by atoms with Crippen molar-refractivity contribution in [1.29, 1.82) is 0 Å². The van der Waals surface area contributed by atoms with Crippen LogP contribution in [0.2, 0.25) is 0 Å². The Kier molecular flexibility index (Phi) is 9.20. The summed E-state index contributed by atoms with van der Waals surface area (Å²) in [6.45, 7) is 0. The molecule has 64 heavy (non-hydrogen) atoms. The summed E-state index contributed by atoms with van der Waals surface area (Å²) in [6.07, 6.45) is 0. The SMILES string of the molecule is c1ccc(-c2cc(-c3ccccc3)cc(-c3cccc(N4c5ccccc5-c5c(n(-c6cc(-c7ccccc7)cc(-c7ccccc7)c6)c6ccccc56)-c5ccccc54)c3)c2)cc1. The lowest BCUT2D eigenvalue weighted by Crippen LogP contribution is -2.11. The third-order valence-corrected chi connectivity index (χ3v) is 12.7. The highest BCUT2D eigenvalue weighted by atomic mass is 15.2. The molecule has 300 valence electrons. The van der Waals surface area contributed by atoms with Crippen molar-refractivity contribution >= 4 is 28.0 Å². The monoisotopic (exact) mass is 814 g/mol. The number of benzene rings is 10. The molecule has 0 spiro atoms. The van der Waals surface area contributed by atoms with Crippen molar-refractivity contribution in [1.82, 2.24) is 4.57 Å². The zero-order chi connectivity index (χ0) is 42.4. The third-order valence-electron chi connectivity index (χ3n) is 12.7. The lowest BCUT2D eigenvalue weighted by atomic mass is 9.93. The largest absolute Gasteiger partial charge is 0.309 e. The Morgan fingerprint density at radius 1 is 0.250 bits per heavy atom. The Labute approximate surface area is 374 Å². The van der Waals surface area contributed by atoms with Crippen molar-refractivity contribution < 1.29 is 0 Å². The fourth-order valence-electron chi connectivity index (χ4n) is 9.74. The summed E-state index contributed by atoms with van der Waals surface area (Å²) < 4.78 is 2.51. The van der Waals surface area contributed by atoms with Crippen LogP contribution in [0, 0.1) is 0 Å². The van der Waals surface area contributed by atoms with Gasteiger partial charge in [-0.25, -0.2) is 0 Å². The molecule has 0 amide bonds. The molecule has 1 aromatic heterocycles. The van der Waals surface area contributed by atoms with Gasteiger partial charge in [-0.15, -0.1) is 0 Å². The molecule has 10 aromatic carbocycles. The van der Waals surface area contributed by atoms with E-state index < -0.39 is 0 Å². The zero-order valence-corrected chi connectivity index (χ0v) is 35.1. The van der Waals surface area contributed by atoms with Gasteiger partial charge >= 0.3 is 0 Å². The average Bonchev–Trinajstić information content (AvgIpc) is 3.66. The second-order valence-corrected chi connectivity index (χ2v) is 16.5. The maximum atomic E-state index is 2.51. The van der Waals surface area contributed by atoms with Crippen molar-refractivity contribution in [2.24, 2.45) is 0 Å². The van der Waals surface area contributed by atoms with Gasteiger partial charge in [-0.3, -0.25) is 0 Å². The van der Waals surface area contributed by atoms with Gasteiger partial charge in [0.05, 0.1) is 22.6 Å². The summed E-state index contributed by atoms with van der Waals surface area (Å²) in [5.74, 6) is 0. The van der Waals surface area contributed by atoms with Crippen molar-refractivity contribution in [2.45, 2.75) is 0 Å². The summed E-state index contributed by atoms with van der Waals surface area (Å²) in [5.41, 5.74) is 22.3. The minimum Gasteiger partial charge on any atom is -0.309 e. The quantitative estimate of drug-likeness (QED) is 0.156. The number of fused-ring (bicyclic) bond motifs is 7. The van der Waals surface area contributed by atoms with Crippen LogP contribution >= 0.6 is 0 Å². The molecule has 11 aromatic rings. The Balaban J connectivity index is 1.09. The van der Waals surface area contributed by atoms with Gasteiger partial charge in [-0.2, -0.15) is 0 Å². The molecule has 0 radical (unpaired) electrons. The number of nitrogens with zero attached hydrogens (tertiary/aromatic N) is 2. The maximum absolute atomic E-state index is 2.51. The van der Waals surface area contributed by atoms with Gasteiger partial charge in [-0.1, -0.05) is 188 Å². The number of anilines is 3. The highest BCUT2D eigenvalue weighted by Gasteiger charge is 2.31. The molecule has 0 atom stereocenters. The number of rotatable bonds is 7. The van der Waals surface area contributed by atoms with Gasteiger partial charge in [0.25, 0.3) is 0 Å². The van der Waals surface area contributed by atoms with Crippen molar-refractivity contribution in [3.8, 4) is 83.7 Å². The van der Waals surface area contributed by atoms with E-state index in [1.165, 1.54) is 83.4 Å². The zero-order valence-electron chi connectivity index (χ0n) is 35.1. The number of hydrogen-bond donors (Lipinski definition) is 0. The first-order valence-electron chi connectivity index (χ1n) is 22.0. The van der Waals surface area contributed by atoms with E-state index in [2.05, 4.69) is 264 Å². The van der Waals surface area contributed by atoms with E-state index in [0.717, 1.165) is 28.3 Å². The van der Waals surface area contributed by atoms with Crippen LogP contribution in [0.25, 0.3) is 94.6 Å². The minimum atomic E-state index is 1.10. The first kappa shape index (κ1) is 37.3. The molecule has 0 bridgehead atoms. The van der Waals surface area contributed by atoms with E-state index in [-0.39, 0.29) is 0 Å². The second-order valence-electron chi connectivity index (χ2n) is 16.5. The highest BCUT2D eigenvalue weighted by molar-refractivity contribution is 6.13. The topological polar surface area (TPSA) is 8.17 Å². The van der Waals surface area contributed by atoms with Crippen molar-refractivity contribution in [3.05, 3.63) is 255 Å². The molecule has 0 saturated heterocycles. The molecular weight excluding hydrogens is 773 g/mol. The van der Waals surface area contributed by atoms with Gasteiger partial charge in [-0.05, 0) is 122 Å². The van der Waals surface area contributed by atoms with Crippen molar-refractivity contribution in [2.75, 3.05) is 4.90 Å². The van der Waals surface area contributed by atoms with E-state index >= 15 is 0 Å². The first-order valence-corrected chi connectivity index (χ1v) is 22.0. The fourth-order valence-corrected chi connectivity index (χ4v) is 9.74. The molecule has 2 heteroatoms. The van der Waals surface area contributed by atoms with Crippen LogP contribution in [0.5, 0.6) is 0 Å². The van der Waals surface area contributed by atoms with E-state index in [1.54, 1.807) is 0 Å². The molecular formula is C62H42N2. The lowest BCUT2D eigenvalue weighted by Gasteiger charge is -2.28. The molecule has 2 heterocycles. The normalized spacial score (nSPS) is 11.7. The molecule has 0 saturated carbocycles. The van der Waals surface area contributed by atoms with Crippen LogP contribution in [-0.2, 0) is 0 Å². The summed E-state index contributed by atoms with van der Waals surface area (Å²) in [7, 11) is 0. The fraction of sp³-hybridized carbons (Fsp3) is 0. The molecule has 0 unspecified atom stereocenters. The van der Waals surface area contributed by atoms with Crippen LogP contribution in [0.3, 0.4) is 0 Å². The Hall–Kier alpha value is -8.46. The molecule has 1 aliphatic heterocycles. The van der Waals surface area contributed by atoms with Gasteiger partial charge in [0.15, 0.2) is 0 Å². The van der Waals surface area contributed by atoms with Gasteiger partial charge in [0, 0.05) is 33.5 Å². The highest BCUT2D eigenvalue weighted by Crippen LogP contribution is 2.55. The predicted octanol–water partition coefficient (Wildman–Crippen LogP) is 17.1. The second kappa shape index (κ2) is 15.8. The van der Waals surface area contributed by atoms with E-state index in [1.807, 2.05) is 0 Å². The van der Waals surface area contributed by atoms with Gasteiger partial charge < -0.3 is 9.47 Å². The summed E-state index contributed by atoms with van der Waals surface area (Å²) in [6, 6.07) is 92.9. The van der Waals surface area contributed by atoms with Crippen LogP contribution in [0.4, 0.5) is 17.1 Å². The lowest BCUT2D eigenvalue weighted by molar-refractivity contribution is 1.14. The maximum Gasteiger partial charge on any atom is 0.0641 e. The first-order chi connectivity index (χ1) is 31.7. The molecule has 1 aliphatic rings. The van der Waals surface area contributed by atoms with Crippen molar-refractivity contribution in [3.63, 3.8) is 0 Å². The number of para-hydroxylation sites is 3. The Bertz CT molecular complexity index is 3360. The van der Waals surface area contributed by atoms with Crippen LogP contribution < -0.4 is 4.90 Å². The molecule has 12 rings (SSSR count). The summed E-state index contributed by atoms with van der Waals surface area (Å²) in [4.78, 5) is 2.47. The van der Waals surface area contributed by atoms with E-state index in [9.17, 15) is 0 Å². The smallest absolute Gasteiger partial charge is 0.0641 e. The number of hydrogen-bond acceptors (Lipinski definition) is 1. The molecule has 0 aliphatic carbocycles. The number of aromatic nitrogens is 1.